The fourth-order valence-electron chi connectivity index (χ4n) is 2.32. The molecule has 0 bridgehead atoms. The minimum atomic E-state index is 0.559. The normalized spacial score (nSPS) is 10.5. The smallest absolute Gasteiger partial charge is 0.130 e. The molecule has 3 aromatic rings. The standard InChI is InChI=1S/C14H10N4S/c1-18-12(9-5-3-2-4-6-9)10(7-15)11-13(18)14(19)17-8-16-11/h2-6,8H,1H3,(H,16,17,19). The van der Waals surface area contributed by atoms with Crippen molar-refractivity contribution in [2.75, 3.05) is 0 Å². The summed E-state index contributed by atoms with van der Waals surface area (Å²) in [7, 11) is 1.90. The van der Waals surface area contributed by atoms with E-state index in [-0.39, 0.29) is 0 Å². The van der Waals surface area contributed by atoms with Crippen molar-refractivity contribution in [2.24, 2.45) is 7.05 Å². The summed E-state index contributed by atoms with van der Waals surface area (Å²) in [5.41, 5.74) is 3.81. The molecule has 0 aliphatic carbocycles. The molecule has 0 unspecified atom stereocenters. The summed E-state index contributed by atoms with van der Waals surface area (Å²) in [6.45, 7) is 0. The summed E-state index contributed by atoms with van der Waals surface area (Å²) in [6.07, 6.45) is 1.53. The van der Waals surface area contributed by atoms with E-state index in [0.717, 1.165) is 16.8 Å². The fraction of sp³-hybridized carbons (Fsp3) is 0.0714. The second kappa shape index (κ2) is 4.34. The van der Waals surface area contributed by atoms with Gasteiger partial charge in [-0.2, -0.15) is 5.26 Å². The first-order valence-electron chi connectivity index (χ1n) is 5.75. The van der Waals surface area contributed by atoms with Crippen molar-refractivity contribution in [3.63, 3.8) is 0 Å². The number of nitrogens with one attached hydrogen (secondary N) is 1. The van der Waals surface area contributed by atoms with Crippen LogP contribution in [0.15, 0.2) is 36.7 Å². The van der Waals surface area contributed by atoms with Gasteiger partial charge in [0.1, 0.15) is 27.3 Å². The van der Waals surface area contributed by atoms with E-state index in [1.54, 1.807) is 0 Å². The number of nitrogens with zero attached hydrogens (tertiary/aromatic N) is 3. The number of aryl methyl sites for hydroxylation is 1. The van der Waals surface area contributed by atoms with Crippen LogP contribution in [-0.2, 0) is 7.05 Å². The molecule has 19 heavy (non-hydrogen) atoms. The first kappa shape index (κ1) is 11.6. The number of hydrogen-bond donors (Lipinski definition) is 1. The maximum atomic E-state index is 9.43. The van der Waals surface area contributed by atoms with Gasteiger partial charge < -0.3 is 9.55 Å². The van der Waals surface area contributed by atoms with E-state index in [1.807, 2.05) is 41.9 Å². The van der Waals surface area contributed by atoms with E-state index in [9.17, 15) is 5.26 Å². The molecule has 0 saturated carbocycles. The molecule has 5 heteroatoms. The number of aromatic amines is 1. The van der Waals surface area contributed by atoms with Gasteiger partial charge >= 0.3 is 0 Å². The maximum absolute atomic E-state index is 9.43. The zero-order chi connectivity index (χ0) is 13.4. The molecule has 0 atom stereocenters. The van der Waals surface area contributed by atoms with Crippen LogP contribution in [0.2, 0.25) is 0 Å². The summed E-state index contributed by atoms with van der Waals surface area (Å²) in [5, 5.41) is 9.43. The molecule has 0 saturated heterocycles. The number of hydrogen-bond acceptors (Lipinski definition) is 3. The first-order valence-corrected chi connectivity index (χ1v) is 6.16. The highest BCUT2D eigenvalue weighted by Crippen LogP contribution is 2.31. The third-order valence-corrected chi connectivity index (χ3v) is 3.44. The Hall–Kier alpha value is -2.45. The van der Waals surface area contributed by atoms with Crippen molar-refractivity contribution < 1.29 is 0 Å². The molecule has 92 valence electrons. The molecular formula is C14H10N4S. The molecular weight excluding hydrogens is 256 g/mol. The van der Waals surface area contributed by atoms with Crippen LogP contribution in [0.5, 0.6) is 0 Å². The van der Waals surface area contributed by atoms with E-state index < -0.39 is 0 Å². The lowest BCUT2D eigenvalue weighted by atomic mass is 10.1. The van der Waals surface area contributed by atoms with Gasteiger partial charge in [0.2, 0.25) is 0 Å². The quantitative estimate of drug-likeness (QED) is 0.688. The first-order chi connectivity index (χ1) is 9.24. The van der Waals surface area contributed by atoms with Gasteiger partial charge in [-0.1, -0.05) is 42.5 Å². The SMILES string of the molecule is Cn1c(-c2ccccc2)c(C#N)c2nc[nH]c(=S)c21. The monoisotopic (exact) mass is 266 g/mol. The summed E-state index contributed by atoms with van der Waals surface area (Å²) in [4.78, 5) is 7.16. The second-order valence-electron chi connectivity index (χ2n) is 4.19. The van der Waals surface area contributed by atoms with Gasteiger partial charge in [-0.25, -0.2) is 4.98 Å². The molecule has 4 nitrogen and oxygen atoms in total. The van der Waals surface area contributed by atoms with Crippen LogP contribution < -0.4 is 0 Å². The highest BCUT2D eigenvalue weighted by Gasteiger charge is 2.18. The zero-order valence-corrected chi connectivity index (χ0v) is 11.0. The van der Waals surface area contributed by atoms with Crippen molar-refractivity contribution >= 4 is 23.3 Å². The van der Waals surface area contributed by atoms with Gasteiger partial charge in [-0.05, 0) is 5.56 Å². The number of fused-ring (bicyclic) bond motifs is 1. The number of aromatic nitrogens is 3. The Morgan fingerprint density at radius 2 is 2.05 bits per heavy atom. The third-order valence-electron chi connectivity index (χ3n) is 3.13. The van der Waals surface area contributed by atoms with E-state index >= 15 is 0 Å². The molecule has 0 radical (unpaired) electrons. The Morgan fingerprint density at radius 3 is 2.74 bits per heavy atom. The lowest BCUT2D eigenvalue weighted by molar-refractivity contribution is 0.967. The zero-order valence-electron chi connectivity index (χ0n) is 10.2. The Morgan fingerprint density at radius 1 is 1.32 bits per heavy atom. The summed E-state index contributed by atoms with van der Waals surface area (Å²) >= 11 is 5.29. The second-order valence-corrected chi connectivity index (χ2v) is 4.60. The topological polar surface area (TPSA) is 57.4 Å². The van der Waals surface area contributed by atoms with Crippen molar-refractivity contribution in [1.82, 2.24) is 14.5 Å². The molecule has 2 heterocycles. The van der Waals surface area contributed by atoms with Crippen LogP contribution in [0, 0.1) is 16.0 Å². The van der Waals surface area contributed by atoms with Gasteiger partial charge in [0.25, 0.3) is 0 Å². The average molecular weight is 266 g/mol. The summed E-state index contributed by atoms with van der Waals surface area (Å²) in [6, 6.07) is 12.0. The predicted octanol–water partition coefficient (Wildman–Crippen LogP) is 3.17. The number of nitriles is 1. The molecule has 2 aromatic heterocycles. The van der Waals surface area contributed by atoms with E-state index in [2.05, 4.69) is 16.0 Å². The molecule has 1 N–H and O–H groups in total. The van der Waals surface area contributed by atoms with Crippen molar-refractivity contribution in [3.8, 4) is 17.3 Å². The Bertz CT molecular complexity index is 853. The number of rotatable bonds is 1. The average Bonchev–Trinajstić information content (AvgIpc) is 2.73. The maximum Gasteiger partial charge on any atom is 0.130 e. The Kier molecular flexibility index (Phi) is 2.65. The minimum absolute atomic E-state index is 0.559. The highest BCUT2D eigenvalue weighted by molar-refractivity contribution is 7.71. The van der Waals surface area contributed by atoms with Crippen molar-refractivity contribution in [2.45, 2.75) is 0 Å². The largest absolute Gasteiger partial charge is 0.339 e. The van der Waals surface area contributed by atoms with E-state index in [4.69, 9.17) is 12.2 Å². The third kappa shape index (κ3) is 1.65. The van der Waals surface area contributed by atoms with Crippen LogP contribution >= 0.6 is 12.2 Å². The van der Waals surface area contributed by atoms with E-state index in [1.165, 1.54) is 6.33 Å². The lowest BCUT2D eigenvalue weighted by Gasteiger charge is -2.04. The van der Waals surface area contributed by atoms with Crippen LogP contribution in [0.25, 0.3) is 22.3 Å². The molecule has 0 amide bonds. The molecule has 0 fully saturated rings. The Labute approximate surface area is 115 Å². The van der Waals surface area contributed by atoms with Crippen molar-refractivity contribution in [3.05, 3.63) is 46.9 Å². The highest BCUT2D eigenvalue weighted by atomic mass is 32.1. The van der Waals surface area contributed by atoms with E-state index in [0.29, 0.717) is 15.7 Å². The molecule has 0 aliphatic heterocycles. The molecule has 3 rings (SSSR count). The van der Waals surface area contributed by atoms with Gasteiger partial charge in [0.05, 0.1) is 12.0 Å². The predicted molar refractivity (Wildman–Crippen MR) is 76.0 cm³/mol. The van der Waals surface area contributed by atoms with Crippen molar-refractivity contribution in [1.29, 1.82) is 5.26 Å². The lowest BCUT2D eigenvalue weighted by Crippen LogP contribution is -1.93. The molecule has 0 spiro atoms. The summed E-state index contributed by atoms with van der Waals surface area (Å²) < 4.78 is 2.51. The van der Waals surface area contributed by atoms with Crippen LogP contribution in [-0.4, -0.2) is 14.5 Å². The number of H-pyrrole nitrogens is 1. The van der Waals surface area contributed by atoms with Gasteiger partial charge in [0, 0.05) is 7.05 Å². The van der Waals surface area contributed by atoms with Gasteiger partial charge in [-0.15, -0.1) is 0 Å². The number of benzene rings is 1. The van der Waals surface area contributed by atoms with Crippen LogP contribution in [0.1, 0.15) is 5.56 Å². The van der Waals surface area contributed by atoms with Gasteiger partial charge in [0.15, 0.2) is 0 Å². The van der Waals surface area contributed by atoms with Crippen LogP contribution in [0.4, 0.5) is 0 Å². The van der Waals surface area contributed by atoms with Gasteiger partial charge in [-0.3, -0.25) is 0 Å². The molecule has 1 aromatic carbocycles. The Balaban J connectivity index is 2.51. The molecule has 0 aliphatic rings. The van der Waals surface area contributed by atoms with Crippen LogP contribution in [0.3, 0.4) is 0 Å². The fourth-order valence-corrected chi connectivity index (χ4v) is 2.60. The minimum Gasteiger partial charge on any atom is -0.339 e. The summed E-state index contributed by atoms with van der Waals surface area (Å²) in [5.74, 6) is 0.